The summed E-state index contributed by atoms with van der Waals surface area (Å²) in [6.45, 7) is 12.5. The second-order valence-corrected chi connectivity index (χ2v) is 6.91. The Morgan fingerprint density at radius 3 is 2.44 bits per heavy atom. The van der Waals surface area contributed by atoms with Crippen molar-refractivity contribution in [1.82, 2.24) is 4.90 Å². The molecular formula is C23H31NO3. The van der Waals surface area contributed by atoms with Gasteiger partial charge in [-0.15, -0.1) is 13.2 Å². The highest BCUT2D eigenvalue weighted by Crippen LogP contribution is 2.31. The average Bonchev–Trinajstić information content (AvgIpc) is 3.11. The van der Waals surface area contributed by atoms with Crippen LogP contribution < -0.4 is 0 Å². The van der Waals surface area contributed by atoms with E-state index in [4.69, 9.17) is 9.15 Å². The molecule has 0 fully saturated rings. The van der Waals surface area contributed by atoms with Crippen molar-refractivity contribution in [2.24, 2.45) is 0 Å². The van der Waals surface area contributed by atoms with Crippen molar-refractivity contribution >= 4 is 0 Å². The summed E-state index contributed by atoms with van der Waals surface area (Å²) < 4.78 is 11.3. The number of furan rings is 1. The molecule has 0 aliphatic heterocycles. The summed E-state index contributed by atoms with van der Waals surface area (Å²) >= 11 is 0. The van der Waals surface area contributed by atoms with Gasteiger partial charge in [-0.05, 0) is 30.2 Å². The largest absolute Gasteiger partial charge is 0.462 e. The summed E-state index contributed by atoms with van der Waals surface area (Å²) in [4.78, 5) is 2.29. The van der Waals surface area contributed by atoms with Gasteiger partial charge in [-0.2, -0.15) is 0 Å². The van der Waals surface area contributed by atoms with E-state index in [-0.39, 0.29) is 0 Å². The third-order valence-corrected chi connectivity index (χ3v) is 4.73. The minimum atomic E-state index is -1.09. The van der Waals surface area contributed by atoms with Gasteiger partial charge < -0.3 is 14.3 Å². The molecule has 0 unspecified atom stereocenters. The van der Waals surface area contributed by atoms with E-state index in [0.717, 1.165) is 18.8 Å². The Hall–Kier alpha value is -2.14. The standard InChI is InChI=1S/C23H31NO3/c1-5-13-23(25,14-6-2)22-12-11-21(27-22)18-24(15-16-26-4)17-20-10-8-7-9-19(20)3/h5-12,25H,1-2,13-18H2,3-4H3. The van der Waals surface area contributed by atoms with Gasteiger partial charge in [-0.3, -0.25) is 4.90 Å². The quantitative estimate of drug-likeness (QED) is 0.557. The van der Waals surface area contributed by atoms with Crippen LogP contribution in [-0.2, 0) is 23.4 Å². The highest BCUT2D eigenvalue weighted by atomic mass is 16.5. The molecule has 27 heavy (non-hydrogen) atoms. The van der Waals surface area contributed by atoms with Crippen LogP contribution >= 0.6 is 0 Å². The molecule has 2 aromatic rings. The number of aryl methyl sites for hydroxylation is 1. The van der Waals surface area contributed by atoms with Crippen LogP contribution in [0, 0.1) is 6.92 Å². The first kappa shape index (κ1) is 21.2. The van der Waals surface area contributed by atoms with Crippen molar-refractivity contribution in [2.45, 2.75) is 38.5 Å². The topological polar surface area (TPSA) is 45.8 Å². The Morgan fingerprint density at radius 1 is 1.11 bits per heavy atom. The minimum absolute atomic E-state index is 0.419. The highest BCUT2D eigenvalue weighted by Gasteiger charge is 2.30. The van der Waals surface area contributed by atoms with Gasteiger partial charge in [0.25, 0.3) is 0 Å². The van der Waals surface area contributed by atoms with Gasteiger partial charge in [0.05, 0.1) is 13.2 Å². The Morgan fingerprint density at radius 2 is 1.81 bits per heavy atom. The van der Waals surface area contributed by atoms with E-state index in [1.165, 1.54) is 11.1 Å². The second-order valence-electron chi connectivity index (χ2n) is 6.91. The van der Waals surface area contributed by atoms with Gasteiger partial charge in [0.2, 0.25) is 0 Å². The van der Waals surface area contributed by atoms with Crippen LogP contribution in [0.2, 0.25) is 0 Å². The first-order valence-corrected chi connectivity index (χ1v) is 9.31. The van der Waals surface area contributed by atoms with Gasteiger partial charge in [0, 0.05) is 33.0 Å². The van der Waals surface area contributed by atoms with Gasteiger partial charge >= 0.3 is 0 Å². The van der Waals surface area contributed by atoms with Crippen molar-refractivity contribution < 1.29 is 14.3 Å². The van der Waals surface area contributed by atoms with Crippen molar-refractivity contribution in [1.29, 1.82) is 0 Å². The molecule has 0 spiro atoms. The van der Waals surface area contributed by atoms with Crippen LogP contribution in [0.25, 0.3) is 0 Å². The molecule has 2 rings (SSSR count). The summed E-state index contributed by atoms with van der Waals surface area (Å²) in [5.74, 6) is 1.38. The third kappa shape index (κ3) is 5.93. The average molecular weight is 370 g/mol. The summed E-state index contributed by atoms with van der Waals surface area (Å²) in [6.07, 6.45) is 4.24. The van der Waals surface area contributed by atoms with Crippen LogP contribution in [0.1, 0.15) is 35.5 Å². The monoisotopic (exact) mass is 369 g/mol. The van der Waals surface area contributed by atoms with Gasteiger partial charge in [0.1, 0.15) is 17.1 Å². The Bertz CT molecular complexity index is 725. The zero-order chi connectivity index (χ0) is 19.7. The fourth-order valence-corrected chi connectivity index (χ4v) is 3.16. The first-order valence-electron chi connectivity index (χ1n) is 9.31. The Kier molecular flexibility index (Phi) is 8.04. The van der Waals surface area contributed by atoms with Crippen molar-refractivity contribution in [3.63, 3.8) is 0 Å². The summed E-state index contributed by atoms with van der Waals surface area (Å²) in [5, 5.41) is 10.9. The zero-order valence-corrected chi connectivity index (χ0v) is 16.5. The molecule has 0 radical (unpaired) electrons. The molecule has 0 amide bonds. The van der Waals surface area contributed by atoms with E-state index in [1.807, 2.05) is 12.1 Å². The Labute approximate surface area is 162 Å². The van der Waals surface area contributed by atoms with Gasteiger partial charge in [0.15, 0.2) is 0 Å². The van der Waals surface area contributed by atoms with Crippen molar-refractivity contribution in [3.05, 3.63) is 84.4 Å². The molecule has 0 aliphatic rings. The van der Waals surface area contributed by atoms with E-state index in [2.05, 4.69) is 49.2 Å². The maximum Gasteiger partial charge on any atom is 0.136 e. The van der Waals surface area contributed by atoms with Crippen LogP contribution in [0.5, 0.6) is 0 Å². The molecule has 1 heterocycles. The molecule has 0 aliphatic carbocycles. The fourth-order valence-electron chi connectivity index (χ4n) is 3.16. The Balaban J connectivity index is 2.15. The first-order chi connectivity index (χ1) is 13.0. The number of benzene rings is 1. The smallest absolute Gasteiger partial charge is 0.136 e. The lowest BCUT2D eigenvalue weighted by Crippen LogP contribution is -2.27. The van der Waals surface area contributed by atoms with E-state index >= 15 is 0 Å². The molecule has 146 valence electrons. The van der Waals surface area contributed by atoms with Crippen LogP contribution in [0.3, 0.4) is 0 Å². The van der Waals surface area contributed by atoms with Crippen LogP contribution in [-0.4, -0.2) is 30.3 Å². The molecule has 4 heteroatoms. The molecule has 0 bridgehead atoms. The molecule has 1 N–H and O–H groups in total. The molecule has 0 atom stereocenters. The van der Waals surface area contributed by atoms with E-state index in [0.29, 0.717) is 31.8 Å². The third-order valence-electron chi connectivity index (χ3n) is 4.73. The molecule has 1 aromatic heterocycles. The molecule has 1 aromatic carbocycles. The lowest BCUT2D eigenvalue weighted by molar-refractivity contribution is 0.0184. The predicted octanol–water partition coefficient (Wildman–Crippen LogP) is 4.58. The normalized spacial score (nSPS) is 11.7. The maximum absolute atomic E-state index is 10.9. The summed E-state index contributed by atoms with van der Waals surface area (Å²) in [6, 6.07) is 12.2. The number of nitrogens with zero attached hydrogens (tertiary/aromatic N) is 1. The number of rotatable bonds is 12. The lowest BCUT2D eigenvalue weighted by Gasteiger charge is -2.24. The van der Waals surface area contributed by atoms with Crippen molar-refractivity contribution in [2.75, 3.05) is 20.3 Å². The summed E-state index contributed by atoms with van der Waals surface area (Å²) in [7, 11) is 1.71. The van der Waals surface area contributed by atoms with Gasteiger partial charge in [-0.25, -0.2) is 0 Å². The minimum Gasteiger partial charge on any atom is -0.462 e. The number of methoxy groups -OCH3 is 1. The van der Waals surface area contributed by atoms with Crippen LogP contribution in [0.15, 0.2) is 66.1 Å². The van der Waals surface area contributed by atoms with Gasteiger partial charge in [-0.1, -0.05) is 36.4 Å². The number of ether oxygens (including phenoxy) is 1. The summed E-state index contributed by atoms with van der Waals surface area (Å²) in [5.41, 5.74) is 1.47. The molecule has 0 saturated heterocycles. The van der Waals surface area contributed by atoms with E-state index < -0.39 is 5.60 Å². The lowest BCUT2D eigenvalue weighted by atomic mass is 9.93. The number of hydrogen-bond acceptors (Lipinski definition) is 4. The predicted molar refractivity (Wildman–Crippen MR) is 109 cm³/mol. The maximum atomic E-state index is 10.9. The van der Waals surface area contributed by atoms with Crippen LogP contribution in [0.4, 0.5) is 0 Å². The number of aliphatic hydroxyl groups is 1. The highest BCUT2D eigenvalue weighted by molar-refractivity contribution is 5.25. The molecular weight excluding hydrogens is 338 g/mol. The number of hydrogen-bond donors (Lipinski definition) is 1. The molecule has 0 saturated carbocycles. The SMILES string of the molecule is C=CCC(O)(CC=C)c1ccc(CN(CCOC)Cc2ccccc2C)o1. The fraction of sp³-hybridized carbons (Fsp3) is 0.391. The van der Waals surface area contributed by atoms with E-state index in [1.54, 1.807) is 19.3 Å². The molecule has 4 nitrogen and oxygen atoms in total. The van der Waals surface area contributed by atoms with Crippen molar-refractivity contribution in [3.8, 4) is 0 Å². The zero-order valence-electron chi connectivity index (χ0n) is 16.5. The second kappa shape index (κ2) is 10.3. The van der Waals surface area contributed by atoms with E-state index in [9.17, 15) is 5.11 Å².